The van der Waals surface area contributed by atoms with Gasteiger partial charge in [-0.15, -0.1) is 0 Å². The molecule has 3 aromatic rings. The van der Waals surface area contributed by atoms with Crippen LogP contribution in [0.2, 0.25) is 10.0 Å². The van der Waals surface area contributed by atoms with E-state index in [4.69, 9.17) is 28.9 Å². The van der Waals surface area contributed by atoms with Crippen molar-refractivity contribution in [3.8, 4) is 0 Å². The van der Waals surface area contributed by atoms with Crippen molar-refractivity contribution >= 4 is 45.8 Å². The zero-order valence-electron chi connectivity index (χ0n) is 18.8. The minimum Gasteiger partial charge on any atom is -0.350 e. The first-order chi connectivity index (χ1) is 16.4. The van der Waals surface area contributed by atoms with Crippen molar-refractivity contribution in [3.05, 3.63) is 81.8 Å². The second kappa shape index (κ2) is 11.2. The average Bonchev–Trinajstić information content (AvgIpc) is 2.96. The first-order valence-corrected chi connectivity index (χ1v) is 12.2. The van der Waals surface area contributed by atoms with Gasteiger partial charge in [-0.05, 0) is 66.1 Å². The van der Waals surface area contributed by atoms with Crippen LogP contribution in [0.3, 0.4) is 0 Å². The fraction of sp³-hybridized carbons (Fsp3) is 0.308. The van der Waals surface area contributed by atoms with Gasteiger partial charge in [0.1, 0.15) is 0 Å². The van der Waals surface area contributed by atoms with E-state index < -0.39 is 6.04 Å². The van der Waals surface area contributed by atoms with E-state index in [0.29, 0.717) is 54.6 Å². The molecule has 2 atom stereocenters. The normalized spacial score (nSPS) is 18.7. The van der Waals surface area contributed by atoms with Crippen LogP contribution in [0.1, 0.15) is 28.8 Å². The number of benzene rings is 3. The average molecular weight is 499 g/mol. The van der Waals surface area contributed by atoms with Gasteiger partial charge < -0.3 is 21.3 Å². The van der Waals surface area contributed by atoms with Gasteiger partial charge in [0.05, 0.1) is 6.04 Å². The highest BCUT2D eigenvalue weighted by Crippen LogP contribution is 2.22. The maximum absolute atomic E-state index is 13.2. The molecule has 4 rings (SSSR count). The predicted octanol–water partition coefficient (Wildman–Crippen LogP) is 3.98. The van der Waals surface area contributed by atoms with E-state index in [1.165, 1.54) is 0 Å². The summed E-state index contributed by atoms with van der Waals surface area (Å²) in [6, 6.07) is 18.4. The van der Waals surface area contributed by atoms with E-state index in [1.807, 2.05) is 54.6 Å². The van der Waals surface area contributed by atoms with Gasteiger partial charge in [0.25, 0.3) is 5.91 Å². The zero-order chi connectivity index (χ0) is 24.1. The SMILES string of the molecule is NCC[C@@H]1NC(CNC(=O)c2ccc3ccccc3c2)CCN(Cc2cc(Cl)cc(Cl)c2)C1=O. The van der Waals surface area contributed by atoms with Crippen LogP contribution < -0.4 is 16.4 Å². The molecule has 0 radical (unpaired) electrons. The number of carbonyl (C=O) groups is 2. The molecule has 1 aliphatic heterocycles. The molecule has 8 heteroatoms. The minimum atomic E-state index is -0.412. The second-order valence-electron chi connectivity index (χ2n) is 8.59. The minimum absolute atomic E-state index is 0.00935. The molecule has 2 amide bonds. The molecular weight excluding hydrogens is 471 g/mol. The van der Waals surface area contributed by atoms with Crippen molar-refractivity contribution in [2.75, 3.05) is 19.6 Å². The summed E-state index contributed by atoms with van der Waals surface area (Å²) in [5.74, 6) is -0.145. The standard InChI is InChI=1S/C26H28Cl2N4O2/c27-21-11-17(12-22(28)14-21)16-32-10-8-23(31-24(7-9-29)26(32)34)15-30-25(33)20-6-5-18-3-1-2-4-19(18)13-20/h1-6,11-14,23-24,31H,7-10,15-16,29H2,(H,30,33)/t23?,24-/m0/s1. The molecule has 1 aliphatic rings. The highest BCUT2D eigenvalue weighted by molar-refractivity contribution is 6.34. The Morgan fingerprint density at radius 1 is 1.06 bits per heavy atom. The van der Waals surface area contributed by atoms with E-state index in [2.05, 4.69) is 10.6 Å². The number of nitrogens with two attached hydrogens (primary N) is 1. The number of hydrogen-bond acceptors (Lipinski definition) is 4. The van der Waals surface area contributed by atoms with Gasteiger partial charge in [0.2, 0.25) is 5.91 Å². The van der Waals surface area contributed by atoms with E-state index in [9.17, 15) is 9.59 Å². The van der Waals surface area contributed by atoms with Crippen LogP contribution in [0.5, 0.6) is 0 Å². The maximum atomic E-state index is 13.2. The number of fused-ring (bicyclic) bond motifs is 1. The highest BCUT2D eigenvalue weighted by atomic mass is 35.5. The second-order valence-corrected chi connectivity index (χ2v) is 9.46. The number of nitrogens with one attached hydrogen (secondary N) is 2. The predicted molar refractivity (Wildman–Crippen MR) is 137 cm³/mol. The number of hydrogen-bond donors (Lipinski definition) is 3. The molecule has 1 heterocycles. The van der Waals surface area contributed by atoms with Crippen molar-refractivity contribution in [1.29, 1.82) is 0 Å². The summed E-state index contributed by atoms with van der Waals surface area (Å²) in [7, 11) is 0. The van der Waals surface area contributed by atoms with Gasteiger partial charge in [0, 0.05) is 41.3 Å². The van der Waals surface area contributed by atoms with Crippen LogP contribution >= 0.6 is 23.2 Å². The van der Waals surface area contributed by atoms with Gasteiger partial charge in [-0.2, -0.15) is 0 Å². The van der Waals surface area contributed by atoms with Gasteiger partial charge in [0.15, 0.2) is 0 Å². The quantitative estimate of drug-likeness (QED) is 0.459. The Balaban J connectivity index is 1.42. The van der Waals surface area contributed by atoms with E-state index in [1.54, 1.807) is 11.0 Å². The van der Waals surface area contributed by atoms with Crippen molar-refractivity contribution in [3.63, 3.8) is 0 Å². The Morgan fingerprint density at radius 2 is 1.79 bits per heavy atom. The molecule has 0 saturated carbocycles. The summed E-state index contributed by atoms with van der Waals surface area (Å²) >= 11 is 12.3. The van der Waals surface area contributed by atoms with Gasteiger partial charge in [-0.25, -0.2) is 0 Å². The molecule has 4 N–H and O–H groups in total. The lowest BCUT2D eigenvalue weighted by atomic mass is 10.1. The van der Waals surface area contributed by atoms with Crippen molar-refractivity contribution in [2.24, 2.45) is 5.73 Å². The summed E-state index contributed by atoms with van der Waals surface area (Å²) in [5.41, 5.74) is 7.27. The largest absolute Gasteiger partial charge is 0.350 e. The third kappa shape index (κ3) is 6.07. The van der Waals surface area contributed by atoms with Crippen molar-refractivity contribution < 1.29 is 9.59 Å². The number of halogens is 2. The molecule has 6 nitrogen and oxygen atoms in total. The smallest absolute Gasteiger partial charge is 0.251 e. The van der Waals surface area contributed by atoms with E-state index >= 15 is 0 Å². The monoisotopic (exact) mass is 498 g/mol. The number of amides is 2. The molecule has 3 aromatic carbocycles. The van der Waals surface area contributed by atoms with Crippen LogP contribution in [-0.2, 0) is 11.3 Å². The lowest BCUT2D eigenvalue weighted by molar-refractivity contribution is -0.133. The number of rotatable bonds is 7. The first kappa shape index (κ1) is 24.5. The zero-order valence-corrected chi connectivity index (χ0v) is 20.3. The van der Waals surface area contributed by atoms with E-state index in [0.717, 1.165) is 16.3 Å². The Hall–Kier alpha value is -2.64. The summed E-state index contributed by atoms with van der Waals surface area (Å²) < 4.78 is 0. The molecule has 1 unspecified atom stereocenters. The molecule has 178 valence electrons. The Labute approximate surface area is 209 Å². The number of carbonyl (C=O) groups excluding carboxylic acids is 2. The van der Waals surface area contributed by atoms with E-state index in [-0.39, 0.29) is 17.9 Å². The summed E-state index contributed by atoms with van der Waals surface area (Å²) in [6.45, 7) is 1.76. The Bertz CT molecular complexity index is 1170. The molecule has 1 saturated heterocycles. The van der Waals surface area contributed by atoms with Crippen LogP contribution in [0, 0.1) is 0 Å². The highest BCUT2D eigenvalue weighted by Gasteiger charge is 2.30. The van der Waals surface area contributed by atoms with Crippen molar-refractivity contribution in [1.82, 2.24) is 15.5 Å². The molecule has 0 bridgehead atoms. The maximum Gasteiger partial charge on any atom is 0.251 e. The molecule has 34 heavy (non-hydrogen) atoms. The molecule has 0 aromatic heterocycles. The summed E-state index contributed by atoms with van der Waals surface area (Å²) in [6.07, 6.45) is 1.21. The van der Waals surface area contributed by atoms with Gasteiger partial charge >= 0.3 is 0 Å². The first-order valence-electron chi connectivity index (χ1n) is 11.4. The molecule has 0 aliphatic carbocycles. The fourth-order valence-electron chi connectivity index (χ4n) is 4.34. The third-order valence-corrected chi connectivity index (χ3v) is 6.50. The molecular formula is C26H28Cl2N4O2. The Morgan fingerprint density at radius 3 is 2.53 bits per heavy atom. The summed E-state index contributed by atoms with van der Waals surface area (Å²) in [5, 5.41) is 9.61. The van der Waals surface area contributed by atoms with Crippen LogP contribution in [0.15, 0.2) is 60.7 Å². The Kier molecular flexibility index (Phi) is 8.06. The van der Waals surface area contributed by atoms with Crippen LogP contribution in [0.4, 0.5) is 0 Å². The van der Waals surface area contributed by atoms with Gasteiger partial charge in [-0.3, -0.25) is 9.59 Å². The molecule has 0 spiro atoms. The van der Waals surface area contributed by atoms with Crippen LogP contribution in [0.25, 0.3) is 10.8 Å². The van der Waals surface area contributed by atoms with Crippen LogP contribution in [-0.4, -0.2) is 48.4 Å². The molecule has 1 fully saturated rings. The topological polar surface area (TPSA) is 87.5 Å². The third-order valence-electron chi connectivity index (χ3n) is 6.07. The lowest BCUT2D eigenvalue weighted by Gasteiger charge is -2.24. The van der Waals surface area contributed by atoms with Crippen molar-refractivity contribution in [2.45, 2.75) is 31.5 Å². The number of nitrogens with zero attached hydrogens (tertiary/aromatic N) is 1. The lowest BCUT2D eigenvalue weighted by Crippen LogP contribution is -2.49. The summed E-state index contributed by atoms with van der Waals surface area (Å²) in [4.78, 5) is 27.8. The fourth-order valence-corrected chi connectivity index (χ4v) is 4.92. The van der Waals surface area contributed by atoms with Gasteiger partial charge in [-0.1, -0.05) is 53.5 Å².